The molecule has 1 unspecified atom stereocenters. The average Bonchev–Trinajstić information content (AvgIpc) is 2.89. The summed E-state index contributed by atoms with van der Waals surface area (Å²) >= 11 is 1.29. The molecule has 0 aliphatic carbocycles. The highest BCUT2D eigenvalue weighted by Gasteiger charge is 2.17. The van der Waals surface area contributed by atoms with Gasteiger partial charge in [0.25, 0.3) is 0 Å². The van der Waals surface area contributed by atoms with Crippen LogP contribution in [-0.2, 0) is 11.2 Å². The van der Waals surface area contributed by atoms with E-state index in [2.05, 4.69) is 16.4 Å². The first-order valence-electron chi connectivity index (χ1n) is 5.77. The number of carbonyl (C=O) groups is 1. The Labute approximate surface area is 119 Å². The zero-order valence-electron chi connectivity index (χ0n) is 10.4. The van der Waals surface area contributed by atoms with E-state index in [1.54, 1.807) is 5.38 Å². The van der Waals surface area contributed by atoms with Crippen molar-refractivity contribution < 1.29 is 9.90 Å². The highest BCUT2D eigenvalue weighted by molar-refractivity contribution is 7.13. The molecule has 6 nitrogen and oxygen atoms in total. The van der Waals surface area contributed by atoms with E-state index in [0.29, 0.717) is 17.2 Å². The molecule has 0 radical (unpaired) electrons. The number of hydrogen-bond acceptors (Lipinski definition) is 6. The molecular formula is C13H12N4O2S. The van der Waals surface area contributed by atoms with Crippen LogP contribution in [0.2, 0.25) is 0 Å². The summed E-state index contributed by atoms with van der Waals surface area (Å²) in [4.78, 5) is 14.9. The predicted octanol–water partition coefficient (Wildman–Crippen LogP) is 2.04. The van der Waals surface area contributed by atoms with E-state index in [0.717, 1.165) is 11.3 Å². The van der Waals surface area contributed by atoms with Gasteiger partial charge in [0.05, 0.1) is 18.2 Å². The zero-order chi connectivity index (χ0) is 14.5. The number of aliphatic carboxylic acids is 1. The molecule has 0 aliphatic heterocycles. The van der Waals surface area contributed by atoms with Crippen LogP contribution in [0.1, 0.15) is 17.3 Å². The summed E-state index contributed by atoms with van der Waals surface area (Å²) in [6.07, 6.45) is 0.370. The number of carboxylic acid groups (broad SMARTS) is 1. The Kier molecular flexibility index (Phi) is 4.30. The number of nitrogens with zero attached hydrogens (tertiary/aromatic N) is 2. The van der Waals surface area contributed by atoms with Gasteiger partial charge in [-0.25, -0.2) is 4.98 Å². The minimum atomic E-state index is -1.11. The summed E-state index contributed by atoms with van der Waals surface area (Å²) in [6.45, 7) is 0. The number of hydrogen-bond donors (Lipinski definition) is 3. The molecule has 20 heavy (non-hydrogen) atoms. The van der Waals surface area contributed by atoms with Gasteiger partial charge in [0, 0.05) is 11.1 Å². The maximum Gasteiger partial charge on any atom is 0.326 e. The number of nitrogens with two attached hydrogens (primary N) is 1. The van der Waals surface area contributed by atoms with Gasteiger partial charge in [-0.05, 0) is 17.7 Å². The molecule has 0 saturated carbocycles. The molecule has 102 valence electrons. The van der Waals surface area contributed by atoms with E-state index in [9.17, 15) is 4.79 Å². The second kappa shape index (κ2) is 6.14. The maximum atomic E-state index is 10.8. The second-order valence-corrected chi connectivity index (χ2v) is 4.91. The molecule has 2 rings (SSSR count). The zero-order valence-corrected chi connectivity index (χ0v) is 11.2. The molecule has 0 aliphatic rings. The highest BCUT2D eigenvalue weighted by atomic mass is 32.1. The monoisotopic (exact) mass is 288 g/mol. The van der Waals surface area contributed by atoms with Crippen LogP contribution in [0, 0.1) is 11.3 Å². The van der Waals surface area contributed by atoms with Crippen molar-refractivity contribution in [3.63, 3.8) is 0 Å². The fourth-order valence-corrected chi connectivity index (χ4v) is 2.30. The molecule has 1 heterocycles. The molecule has 2 aromatic rings. The summed E-state index contributed by atoms with van der Waals surface area (Å²) < 4.78 is 0. The van der Waals surface area contributed by atoms with Crippen molar-refractivity contribution in [3.8, 4) is 6.07 Å². The second-order valence-electron chi connectivity index (χ2n) is 4.05. The SMILES string of the molecule is N#CCc1ccc(Nc2nc(C(N)C(=O)O)cs2)cc1. The van der Waals surface area contributed by atoms with Crippen LogP contribution in [0.5, 0.6) is 0 Å². The van der Waals surface area contributed by atoms with Gasteiger partial charge in [-0.3, -0.25) is 4.79 Å². The van der Waals surface area contributed by atoms with Gasteiger partial charge in [-0.2, -0.15) is 5.26 Å². The van der Waals surface area contributed by atoms with Gasteiger partial charge in [0.2, 0.25) is 0 Å². The lowest BCUT2D eigenvalue weighted by molar-refractivity contribution is -0.138. The number of aromatic nitrogens is 1. The van der Waals surface area contributed by atoms with Crippen molar-refractivity contribution in [2.24, 2.45) is 5.73 Å². The van der Waals surface area contributed by atoms with Gasteiger partial charge in [-0.1, -0.05) is 12.1 Å². The van der Waals surface area contributed by atoms with Crippen molar-refractivity contribution >= 4 is 28.1 Å². The Hall–Kier alpha value is -2.43. The summed E-state index contributed by atoms with van der Waals surface area (Å²) in [5, 5.41) is 22.7. The number of anilines is 2. The van der Waals surface area contributed by atoms with Crippen molar-refractivity contribution in [2.75, 3.05) is 5.32 Å². The molecule has 0 fully saturated rings. The Balaban J connectivity index is 2.07. The van der Waals surface area contributed by atoms with Crippen LogP contribution in [0.25, 0.3) is 0 Å². The van der Waals surface area contributed by atoms with E-state index in [1.807, 2.05) is 24.3 Å². The lowest BCUT2D eigenvalue weighted by Gasteiger charge is -2.04. The van der Waals surface area contributed by atoms with Gasteiger partial charge in [-0.15, -0.1) is 11.3 Å². The van der Waals surface area contributed by atoms with Gasteiger partial charge < -0.3 is 16.2 Å². The fraction of sp³-hybridized carbons (Fsp3) is 0.154. The van der Waals surface area contributed by atoms with Crippen LogP contribution in [0.4, 0.5) is 10.8 Å². The van der Waals surface area contributed by atoms with Gasteiger partial charge in [0.15, 0.2) is 5.13 Å². The molecule has 4 N–H and O–H groups in total. The topological polar surface area (TPSA) is 112 Å². The van der Waals surface area contributed by atoms with E-state index in [-0.39, 0.29) is 0 Å². The molecule has 0 spiro atoms. The first kappa shape index (κ1) is 14.0. The van der Waals surface area contributed by atoms with Crippen molar-refractivity contribution in [3.05, 3.63) is 40.9 Å². The van der Waals surface area contributed by atoms with Crippen molar-refractivity contribution in [1.82, 2.24) is 4.98 Å². The summed E-state index contributed by atoms with van der Waals surface area (Å²) in [5.41, 5.74) is 7.56. The van der Waals surface area contributed by atoms with E-state index < -0.39 is 12.0 Å². The van der Waals surface area contributed by atoms with Crippen molar-refractivity contribution in [2.45, 2.75) is 12.5 Å². The molecule has 1 aromatic heterocycles. The summed E-state index contributed by atoms with van der Waals surface area (Å²) in [5.74, 6) is -1.11. The van der Waals surface area contributed by atoms with Crippen LogP contribution in [0.15, 0.2) is 29.6 Å². The minimum absolute atomic E-state index is 0.325. The third-order valence-corrected chi connectivity index (χ3v) is 3.37. The number of nitrogens with one attached hydrogen (secondary N) is 1. The molecule has 1 aromatic carbocycles. The third kappa shape index (κ3) is 3.32. The first-order valence-corrected chi connectivity index (χ1v) is 6.65. The molecular weight excluding hydrogens is 276 g/mol. The first-order chi connectivity index (χ1) is 9.60. The third-order valence-electron chi connectivity index (χ3n) is 2.60. The van der Waals surface area contributed by atoms with Crippen LogP contribution < -0.4 is 11.1 Å². The maximum absolute atomic E-state index is 10.8. The Morgan fingerprint density at radius 3 is 2.80 bits per heavy atom. The fourth-order valence-electron chi connectivity index (χ4n) is 1.53. The quantitative estimate of drug-likeness (QED) is 0.776. The Morgan fingerprint density at radius 2 is 2.20 bits per heavy atom. The largest absolute Gasteiger partial charge is 0.480 e. The Bertz CT molecular complexity index is 645. The predicted molar refractivity (Wildman–Crippen MR) is 75.7 cm³/mol. The van der Waals surface area contributed by atoms with Gasteiger partial charge >= 0.3 is 5.97 Å². The number of carboxylic acids is 1. The minimum Gasteiger partial charge on any atom is -0.480 e. The molecule has 0 bridgehead atoms. The van der Waals surface area contributed by atoms with E-state index in [4.69, 9.17) is 16.1 Å². The van der Waals surface area contributed by atoms with Crippen LogP contribution >= 0.6 is 11.3 Å². The highest BCUT2D eigenvalue weighted by Crippen LogP contribution is 2.23. The Morgan fingerprint density at radius 1 is 1.50 bits per heavy atom. The molecule has 1 atom stereocenters. The molecule has 7 heteroatoms. The normalized spacial score (nSPS) is 11.6. The smallest absolute Gasteiger partial charge is 0.326 e. The van der Waals surface area contributed by atoms with Gasteiger partial charge in [0.1, 0.15) is 6.04 Å². The molecule has 0 saturated heterocycles. The van der Waals surface area contributed by atoms with E-state index >= 15 is 0 Å². The van der Waals surface area contributed by atoms with Crippen molar-refractivity contribution in [1.29, 1.82) is 5.26 Å². The van der Waals surface area contributed by atoms with E-state index in [1.165, 1.54) is 11.3 Å². The summed E-state index contributed by atoms with van der Waals surface area (Å²) in [6, 6.07) is 8.34. The number of rotatable bonds is 5. The number of benzene rings is 1. The standard InChI is InChI=1S/C13H12N4O2S/c14-6-5-8-1-3-9(4-2-8)16-13-17-10(7-20-13)11(15)12(18)19/h1-4,7,11H,5,15H2,(H,16,17)(H,18,19). The van der Waals surface area contributed by atoms with Crippen LogP contribution in [-0.4, -0.2) is 16.1 Å². The van der Waals surface area contributed by atoms with Crippen LogP contribution in [0.3, 0.4) is 0 Å². The summed E-state index contributed by atoms with van der Waals surface area (Å²) in [7, 11) is 0. The lowest BCUT2D eigenvalue weighted by atomic mass is 10.1. The molecule has 0 amide bonds. The lowest BCUT2D eigenvalue weighted by Crippen LogP contribution is -2.20. The number of thiazole rings is 1. The average molecular weight is 288 g/mol. The number of nitriles is 1.